The van der Waals surface area contributed by atoms with Crippen LogP contribution in [0.2, 0.25) is 0 Å². The van der Waals surface area contributed by atoms with Gasteiger partial charge in [-0.3, -0.25) is 0 Å². The first-order valence-electron chi connectivity index (χ1n) is 4.52. The van der Waals surface area contributed by atoms with Crippen LogP contribution in [0.4, 0.5) is 0 Å². The van der Waals surface area contributed by atoms with Crippen molar-refractivity contribution in [1.29, 1.82) is 0 Å². The second kappa shape index (κ2) is 3.75. The van der Waals surface area contributed by atoms with Gasteiger partial charge in [0.15, 0.2) is 11.5 Å². The third-order valence-electron chi connectivity index (χ3n) is 2.20. The van der Waals surface area contributed by atoms with Crippen molar-refractivity contribution in [2.45, 2.75) is 6.42 Å². The second-order valence-corrected chi connectivity index (χ2v) is 3.03. The number of hydrogen-bond donors (Lipinski definition) is 1. The lowest BCUT2D eigenvalue weighted by atomic mass is 10.1. The standard InChI is InChI=1S/C10H13NO3/c1-12-8-3-2-7(4-5-11)9-10(8)14-6-13-9/h2-3H,4-6,11H2,1H3. The van der Waals surface area contributed by atoms with E-state index in [0.29, 0.717) is 18.0 Å². The van der Waals surface area contributed by atoms with Gasteiger partial charge in [-0.1, -0.05) is 6.07 Å². The first-order valence-corrected chi connectivity index (χ1v) is 4.52. The maximum absolute atomic E-state index is 5.50. The summed E-state index contributed by atoms with van der Waals surface area (Å²) in [5, 5.41) is 0. The molecule has 0 radical (unpaired) electrons. The molecule has 0 spiro atoms. The Labute approximate surface area is 82.6 Å². The first-order chi connectivity index (χ1) is 6.86. The molecule has 76 valence electrons. The summed E-state index contributed by atoms with van der Waals surface area (Å²) in [6, 6.07) is 3.83. The van der Waals surface area contributed by atoms with Crippen LogP contribution in [0.1, 0.15) is 5.56 Å². The summed E-state index contributed by atoms with van der Waals surface area (Å²) in [7, 11) is 1.61. The minimum absolute atomic E-state index is 0.257. The van der Waals surface area contributed by atoms with Gasteiger partial charge in [-0.2, -0.15) is 0 Å². The van der Waals surface area contributed by atoms with Crippen LogP contribution in [0, 0.1) is 0 Å². The van der Waals surface area contributed by atoms with Crippen molar-refractivity contribution < 1.29 is 14.2 Å². The Morgan fingerprint density at radius 2 is 2.14 bits per heavy atom. The number of fused-ring (bicyclic) bond motifs is 1. The first kappa shape index (κ1) is 9.15. The molecule has 0 amide bonds. The van der Waals surface area contributed by atoms with Gasteiger partial charge in [-0.05, 0) is 24.6 Å². The van der Waals surface area contributed by atoms with Crippen LogP contribution in [-0.4, -0.2) is 20.4 Å². The summed E-state index contributed by atoms with van der Waals surface area (Å²) < 4.78 is 15.8. The van der Waals surface area contributed by atoms with Crippen molar-refractivity contribution in [3.05, 3.63) is 17.7 Å². The predicted octanol–water partition coefficient (Wildman–Crippen LogP) is 0.925. The average Bonchev–Trinajstić information content (AvgIpc) is 2.67. The van der Waals surface area contributed by atoms with Crippen LogP contribution in [0.15, 0.2) is 12.1 Å². The molecule has 0 fully saturated rings. The van der Waals surface area contributed by atoms with E-state index in [2.05, 4.69) is 0 Å². The minimum Gasteiger partial charge on any atom is -0.493 e. The molecule has 1 aromatic carbocycles. The molecule has 1 aliphatic rings. The van der Waals surface area contributed by atoms with E-state index in [0.717, 1.165) is 17.7 Å². The van der Waals surface area contributed by atoms with Crippen molar-refractivity contribution in [3.8, 4) is 17.2 Å². The smallest absolute Gasteiger partial charge is 0.231 e. The molecule has 0 aromatic heterocycles. The molecule has 1 heterocycles. The van der Waals surface area contributed by atoms with Gasteiger partial charge in [-0.15, -0.1) is 0 Å². The summed E-state index contributed by atoms with van der Waals surface area (Å²) in [5.41, 5.74) is 6.57. The van der Waals surface area contributed by atoms with Crippen molar-refractivity contribution in [1.82, 2.24) is 0 Å². The Kier molecular flexibility index (Phi) is 2.45. The molecule has 1 aliphatic heterocycles. The number of nitrogens with two attached hydrogens (primary N) is 1. The fourth-order valence-corrected chi connectivity index (χ4v) is 1.54. The fourth-order valence-electron chi connectivity index (χ4n) is 1.54. The monoisotopic (exact) mass is 195 g/mol. The Bertz CT molecular complexity index is 338. The van der Waals surface area contributed by atoms with E-state index >= 15 is 0 Å². The molecule has 0 unspecified atom stereocenters. The van der Waals surface area contributed by atoms with Crippen LogP contribution in [0.3, 0.4) is 0 Å². The third-order valence-corrected chi connectivity index (χ3v) is 2.20. The number of hydrogen-bond acceptors (Lipinski definition) is 4. The molecular weight excluding hydrogens is 182 g/mol. The average molecular weight is 195 g/mol. The van der Waals surface area contributed by atoms with E-state index in [9.17, 15) is 0 Å². The normalized spacial score (nSPS) is 13.0. The van der Waals surface area contributed by atoms with Gasteiger partial charge >= 0.3 is 0 Å². The highest BCUT2D eigenvalue weighted by Gasteiger charge is 2.21. The lowest BCUT2D eigenvalue weighted by Crippen LogP contribution is -2.03. The minimum atomic E-state index is 0.257. The molecule has 0 atom stereocenters. The Balaban J connectivity index is 2.42. The molecule has 0 saturated carbocycles. The van der Waals surface area contributed by atoms with Crippen molar-refractivity contribution in [2.75, 3.05) is 20.4 Å². The Morgan fingerprint density at radius 1 is 1.36 bits per heavy atom. The Hall–Kier alpha value is -1.42. The maximum atomic E-state index is 5.50. The van der Waals surface area contributed by atoms with Crippen LogP contribution >= 0.6 is 0 Å². The SMILES string of the molecule is COc1ccc(CCN)c2c1OCO2. The van der Waals surface area contributed by atoms with Crippen LogP contribution in [0.5, 0.6) is 17.2 Å². The van der Waals surface area contributed by atoms with E-state index < -0.39 is 0 Å². The van der Waals surface area contributed by atoms with E-state index in [1.54, 1.807) is 7.11 Å². The van der Waals surface area contributed by atoms with E-state index in [1.807, 2.05) is 12.1 Å². The number of rotatable bonds is 3. The summed E-state index contributed by atoms with van der Waals surface area (Å²) in [5.74, 6) is 2.17. The van der Waals surface area contributed by atoms with Gasteiger partial charge in [0.25, 0.3) is 0 Å². The fraction of sp³-hybridized carbons (Fsp3) is 0.400. The third kappa shape index (κ3) is 1.37. The highest BCUT2D eigenvalue weighted by atomic mass is 16.7. The van der Waals surface area contributed by atoms with Gasteiger partial charge in [0.05, 0.1) is 7.11 Å². The summed E-state index contributed by atoms with van der Waals surface area (Å²) in [6.45, 7) is 0.857. The molecule has 0 aliphatic carbocycles. The summed E-state index contributed by atoms with van der Waals surface area (Å²) in [4.78, 5) is 0. The van der Waals surface area contributed by atoms with Gasteiger partial charge in [0, 0.05) is 0 Å². The Morgan fingerprint density at radius 3 is 2.86 bits per heavy atom. The molecule has 4 nitrogen and oxygen atoms in total. The molecule has 2 N–H and O–H groups in total. The van der Waals surface area contributed by atoms with E-state index in [-0.39, 0.29) is 6.79 Å². The van der Waals surface area contributed by atoms with Gasteiger partial charge in [0.1, 0.15) is 0 Å². The quantitative estimate of drug-likeness (QED) is 0.779. The topological polar surface area (TPSA) is 53.7 Å². The molecule has 1 aromatic rings. The number of methoxy groups -OCH3 is 1. The van der Waals surface area contributed by atoms with Crippen LogP contribution in [0.25, 0.3) is 0 Å². The number of benzene rings is 1. The summed E-state index contributed by atoms with van der Waals surface area (Å²) in [6.07, 6.45) is 0.787. The lowest BCUT2D eigenvalue weighted by Gasteiger charge is -2.07. The van der Waals surface area contributed by atoms with Gasteiger partial charge in [-0.25, -0.2) is 0 Å². The van der Waals surface area contributed by atoms with Gasteiger partial charge < -0.3 is 19.9 Å². The molecule has 4 heteroatoms. The lowest BCUT2D eigenvalue weighted by molar-refractivity contribution is 0.170. The van der Waals surface area contributed by atoms with Crippen molar-refractivity contribution in [2.24, 2.45) is 5.73 Å². The molecular formula is C10H13NO3. The largest absolute Gasteiger partial charge is 0.493 e. The van der Waals surface area contributed by atoms with E-state index in [4.69, 9.17) is 19.9 Å². The zero-order chi connectivity index (χ0) is 9.97. The zero-order valence-electron chi connectivity index (χ0n) is 8.08. The highest BCUT2D eigenvalue weighted by molar-refractivity contribution is 5.57. The van der Waals surface area contributed by atoms with Gasteiger partial charge in [0.2, 0.25) is 12.5 Å². The molecule has 2 rings (SSSR count). The van der Waals surface area contributed by atoms with Crippen molar-refractivity contribution >= 4 is 0 Å². The maximum Gasteiger partial charge on any atom is 0.231 e. The molecule has 0 bridgehead atoms. The molecule has 14 heavy (non-hydrogen) atoms. The molecule has 0 saturated heterocycles. The zero-order valence-corrected chi connectivity index (χ0v) is 8.08. The van der Waals surface area contributed by atoms with Crippen LogP contribution < -0.4 is 19.9 Å². The number of ether oxygens (including phenoxy) is 3. The summed E-state index contributed by atoms with van der Waals surface area (Å²) >= 11 is 0. The van der Waals surface area contributed by atoms with E-state index in [1.165, 1.54) is 0 Å². The van der Waals surface area contributed by atoms with Crippen molar-refractivity contribution in [3.63, 3.8) is 0 Å². The predicted molar refractivity (Wildman–Crippen MR) is 51.9 cm³/mol. The highest BCUT2D eigenvalue weighted by Crippen LogP contribution is 2.43. The second-order valence-electron chi connectivity index (χ2n) is 3.03. The van der Waals surface area contributed by atoms with Crippen LogP contribution in [-0.2, 0) is 6.42 Å².